The molecule has 0 aliphatic carbocycles. The zero-order valence-corrected chi connectivity index (χ0v) is 6.10. The first-order valence-corrected chi connectivity index (χ1v) is 3.59. The number of benzene rings is 1. The average Bonchev–Trinajstić information content (AvgIpc) is 2.64. The molecule has 0 amide bonds. The predicted octanol–water partition coefficient (Wildman–Crippen LogP) is -0.0533. The minimum Gasteiger partial charge on any atom is -0.235 e. The molecule has 2 aliphatic heterocycles. The molecule has 2 aliphatic rings. The number of nitrogens with zero attached hydrogens (tertiary/aromatic N) is 4. The normalized spacial score (nSPS) is 15.3. The number of hydrogen-bond acceptors (Lipinski definition) is 4. The van der Waals surface area contributed by atoms with Crippen LogP contribution in [0, 0.1) is 0 Å². The van der Waals surface area contributed by atoms with E-state index in [2.05, 4.69) is 20.2 Å². The molecule has 0 spiro atoms. The highest BCUT2D eigenvalue weighted by Gasteiger charge is 2.05. The van der Waals surface area contributed by atoms with Crippen molar-refractivity contribution in [1.29, 1.82) is 0 Å². The van der Waals surface area contributed by atoms with Crippen LogP contribution in [0.15, 0.2) is 32.3 Å². The third-order valence-corrected chi connectivity index (χ3v) is 1.88. The molecule has 0 saturated carbocycles. The van der Waals surface area contributed by atoms with E-state index in [1.807, 2.05) is 12.1 Å². The van der Waals surface area contributed by atoms with E-state index in [0.717, 1.165) is 22.0 Å². The molecule has 0 unspecified atom stereocenters. The van der Waals surface area contributed by atoms with Gasteiger partial charge in [0.2, 0.25) is 0 Å². The van der Waals surface area contributed by atoms with Crippen LogP contribution in [0.3, 0.4) is 0 Å². The van der Waals surface area contributed by atoms with Crippen molar-refractivity contribution in [3.05, 3.63) is 28.4 Å². The lowest BCUT2D eigenvalue weighted by molar-refractivity contribution is 1.18. The molecule has 4 nitrogen and oxygen atoms in total. The van der Waals surface area contributed by atoms with Crippen molar-refractivity contribution in [2.75, 3.05) is 0 Å². The maximum Gasteiger partial charge on any atom is 0.116 e. The SMILES string of the molecule is C1=NN=c2cc3c(cc21)=NC=N3. The molecular formula is C8H4N4. The first kappa shape index (κ1) is 5.77. The first-order chi connectivity index (χ1) is 5.93. The van der Waals surface area contributed by atoms with Crippen LogP contribution in [-0.2, 0) is 0 Å². The summed E-state index contributed by atoms with van der Waals surface area (Å²) in [5, 5.41) is 9.51. The van der Waals surface area contributed by atoms with Crippen molar-refractivity contribution in [1.82, 2.24) is 0 Å². The lowest BCUT2D eigenvalue weighted by atomic mass is 10.2. The Balaban J connectivity index is 2.50. The molecule has 0 saturated heterocycles. The van der Waals surface area contributed by atoms with Crippen molar-refractivity contribution in [3.63, 3.8) is 0 Å². The van der Waals surface area contributed by atoms with Gasteiger partial charge in [-0.25, -0.2) is 9.98 Å². The van der Waals surface area contributed by atoms with E-state index >= 15 is 0 Å². The summed E-state index contributed by atoms with van der Waals surface area (Å²) in [6, 6.07) is 3.84. The molecule has 0 bridgehead atoms. The van der Waals surface area contributed by atoms with Gasteiger partial charge in [-0.3, -0.25) is 0 Å². The van der Waals surface area contributed by atoms with Gasteiger partial charge in [-0.15, -0.1) is 0 Å². The lowest BCUT2D eigenvalue weighted by Crippen LogP contribution is -2.11. The second-order valence-electron chi connectivity index (χ2n) is 2.62. The molecule has 56 valence electrons. The molecular weight excluding hydrogens is 152 g/mol. The van der Waals surface area contributed by atoms with Crippen LogP contribution >= 0.6 is 0 Å². The molecule has 0 fully saturated rings. The molecule has 0 aromatic heterocycles. The Labute approximate surface area is 67.7 Å². The zero-order chi connectivity index (χ0) is 7.97. The van der Waals surface area contributed by atoms with Gasteiger partial charge >= 0.3 is 0 Å². The molecule has 0 radical (unpaired) electrons. The number of fused-ring (bicyclic) bond motifs is 2. The topological polar surface area (TPSA) is 49.4 Å². The van der Waals surface area contributed by atoms with Crippen LogP contribution < -0.4 is 10.7 Å². The van der Waals surface area contributed by atoms with Gasteiger partial charge in [0.15, 0.2) is 0 Å². The van der Waals surface area contributed by atoms with Crippen molar-refractivity contribution < 1.29 is 0 Å². The van der Waals surface area contributed by atoms with Gasteiger partial charge in [-0.2, -0.15) is 10.2 Å². The largest absolute Gasteiger partial charge is 0.235 e. The summed E-state index contributed by atoms with van der Waals surface area (Å²) in [6.45, 7) is 0. The van der Waals surface area contributed by atoms with Crippen molar-refractivity contribution in [3.8, 4) is 0 Å². The van der Waals surface area contributed by atoms with E-state index in [1.54, 1.807) is 12.6 Å². The average molecular weight is 156 g/mol. The molecule has 12 heavy (non-hydrogen) atoms. The van der Waals surface area contributed by atoms with Crippen LogP contribution in [0.25, 0.3) is 0 Å². The fraction of sp³-hybridized carbons (Fsp3) is 0. The van der Waals surface area contributed by atoms with Gasteiger partial charge in [-0.1, -0.05) is 0 Å². The van der Waals surface area contributed by atoms with Gasteiger partial charge in [-0.05, 0) is 12.1 Å². The lowest BCUT2D eigenvalue weighted by Gasteiger charge is -1.89. The predicted molar refractivity (Wildman–Crippen MR) is 44.5 cm³/mol. The second kappa shape index (κ2) is 1.85. The minimum atomic E-state index is 0.878. The van der Waals surface area contributed by atoms with E-state index < -0.39 is 0 Å². The van der Waals surface area contributed by atoms with Crippen LogP contribution in [0.1, 0.15) is 5.56 Å². The Morgan fingerprint density at radius 2 is 2.08 bits per heavy atom. The first-order valence-electron chi connectivity index (χ1n) is 3.59. The Hall–Kier alpha value is -1.84. The van der Waals surface area contributed by atoms with Crippen LogP contribution in [0.4, 0.5) is 5.69 Å². The molecule has 0 N–H and O–H groups in total. The fourth-order valence-electron chi connectivity index (χ4n) is 1.29. The summed E-state index contributed by atoms with van der Waals surface area (Å²) in [5.74, 6) is 0. The summed E-state index contributed by atoms with van der Waals surface area (Å²) in [5.41, 5.74) is 1.89. The van der Waals surface area contributed by atoms with Crippen molar-refractivity contribution >= 4 is 18.2 Å². The number of hydrogen-bond donors (Lipinski definition) is 0. The molecule has 4 heteroatoms. The van der Waals surface area contributed by atoms with E-state index in [9.17, 15) is 0 Å². The Morgan fingerprint density at radius 3 is 3.08 bits per heavy atom. The van der Waals surface area contributed by atoms with Gasteiger partial charge < -0.3 is 0 Å². The van der Waals surface area contributed by atoms with E-state index in [0.29, 0.717) is 0 Å². The highest BCUT2D eigenvalue weighted by molar-refractivity contribution is 5.82. The summed E-state index contributed by atoms with van der Waals surface area (Å²) >= 11 is 0. The standard InChI is InChI=1S/C8H4N4/c1-5-3-11-12-6(5)2-8-7(1)9-4-10-8/h1-4H. The Kier molecular flexibility index (Phi) is 0.889. The third kappa shape index (κ3) is 0.611. The highest BCUT2D eigenvalue weighted by atomic mass is 15.2. The number of aliphatic imine (C=N–C) groups is 1. The summed E-state index contributed by atoms with van der Waals surface area (Å²) in [7, 11) is 0. The van der Waals surface area contributed by atoms with Crippen LogP contribution in [-0.4, -0.2) is 12.6 Å². The van der Waals surface area contributed by atoms with Crippen molar-refractivity contribution in [2.45, 2.75) is 0 Å². The van der Waals surface area contributed by atoms with Gasteiger partial charge in [0.1, 0.15) is 6.34 Å². The maximum absolute atomic E-state index is 4.08. The van der Waals surface area contributed by atoms with E-state index in [4.69, 9.17) is 0 Å². The quantitative estimate of drug-likeness (QED) is 0.505. The summed E-state index contributed by atoms with van der Waals surface area (Å²) in [4.78, 5) is 8.15. The van der Waals surface area contributed by atoms with Gasteiger partial charge in [0, 0.05) is 5.56 Å². The van der Waals surface area contributed by atoms with E-state index in [-0.39, 0.29) is 0 Å². The molecule has 1 aromatic carbocycles. The molecule has 1 aromatic rings. The van der Waals surface area contributed by atoms with Crippen LogP contribution in [0.2, 0.25) is 0 Å². The van der Waals surface area contributed by atoms with Gasteiger partial charge in [0.25, 0.3) is 0 Å². The fourth-order valence-corrected chi connectivity index (χ4v) is 1.29. The highest BCUT2D eigenvalue weighted by Crippen LogP contribution is 2.05. The monoisotopic (exact) mass is 156 g/mol. The zero-order valence-electron chi connectivity index (χ0n) is 6.10. The minimum absolute atomic E-state index is 0.878. The van der Waals surface area contributed by atoms with Gasteiger partial charge in [0.05, 0.1) is 22.6 Å². The molecule has 0 atom stereocenters. The van der Waals surface area contributed by atoms with E-state index in [1.165, 1.54) is 0 Å². The smallest absolute Gasteiger partial charge is 0.116 e. The molecule has 3 rings (SSSR count). The third-order valence-electron chi connectivity index (χ3n) is 1.88. The molecule has 2 heterocycles. The maximum atomic E-state index is 4.08. The second-order valence-corrected chi connectivity index (χ2v) is 2.62. The summed E-state index contributed by atoms with van der Waals surface area (Å²) in [6.07, 6.45) is 3.28. The Morgan fingerprint density at radius 1 is 1.08 bits per heavy atom. The van der Waals surface area contributed by atoms with Crippen LogP contribution in [0.5, 0.6) is 0 Å². The summed E-state index contributed by atoms with van der Waals surface area (Å²) < 4.78 is 0. The van der Waals surface area contributed by atoms with Crippen molar-refractivity contribution in [2.24, 2.45) is 20.2 Å². The Bertz CT molecular complexity index is 475. The number of rotatable bonds is 0.